The Hall–Kier alpha value is -1.55. The minimum Gasteiger partial charge on any atom is -0.466 e. The largest absolute Gasteiger partial charge is 0.466 e. The van der Waals surface area contributed by atoms with E-state index in [2.05, 4.69) is 34.5 Å². The van der Waals surface area contributed by atoms with Crippen molar-refractivity contribution in [3.05, 3.63) is 29.8 Å². The number of piperidine rings is 1. The van der Waals surface area contributed by atoms with Crippen molar-refractivity contribution >= 4 is 11.7 Å². The molecule has 1 saturated carbocycles. The molecule has 4 aliphatic rings. The standard InChI is InChI=1S/C21H28N2O2/c1-2-25-18(24)14-20-9-5-12-23-13-11-21(19(20)23)15-6-3-4-7-16(15)22-17(21)8-10-20/h3-4,6-7,17,19,22H,2,5,8-14H2,1H3. The second-order valence-corrected chi connectivity index (χ2v) is 8.46. The van der Waals surface area contributed by atoms with Crippen molar-refractivity contribution in [2.45, 2.75) is 62.9 Å². The summed E-state index contributed by atoms with van der Waals surface area (Å²) in [5.74, 6) is 0.00379. The first kappa shape index (κ1) is 15.7. The number of para-hydroxylation sites is 1. The van der Waals surface area contributed by atoms with Gasteiger partial charge in [-0.1, -0.05) is 18.2 Å². The summed E-state index contributed by atoms with van der Waals surface area (Å²) < 4.78 is 5.38. The van der Waals surface area contributed by atoms with Crippen molar-refractivity contribution in [3.63, 3.8) is 0 Å². The van der Waals surface area contributed by atoms with Gasteiger partial charge >= 0.3 is 5.97 Å². The lowest BCUT2D eigenvalue weighted by atomic mass is 9.52. The Balaban J connectivity index is 1.60. The monoisotopic (exact) mass is 340 g/mol. The number of hydrogen-bond acceptors (Lipinski definition) is 4. The van der Waals surface area contributed by atoms with E-state index in [1.807, 2.05) is 6.92 Å². The Morgan fingerprint density at radius 2 is 2.16 bits per heavy atom. The number of benzene rings is 1. The number of carbonyl (C=O) groups excluding carboxylic acids is 1. The molecule has 3 aliphatic heterocycles. The van der Waals surface area contributed by atoms with Crippen LogP contribution in [0, 0.1) is 5.41 Å². The smallest absolute Gasteiger partial charge is 0.306 e. The van der Waals surface area contributed by atoms with Gasteiger partial charge in [0.1, 0.15) is 0 Å². The van der Waals surface area contributed by atoms with Crippen LogP contribution in [0.5, 0.6) is 0 Å². The van der Waals surface area contributed by atoms with Crippen molar-refractivity contribution in [2.75, 3.05) is 25.0 Å². The summed E-state index contributed by atoms with van der Waals surface area (Å²) in [6, 6.07) is 9.90. The number of hydrogen-bond donors (Lipinski definition) is 1. The molecule has 1 spiro atoms. The van der Waals surface area contributed by atoms with Crippen LogP contribution in [0.3, 0.4) is 0 Å². The molecule has 0 amide bonds. The van der Waals surface area contributed by atoms with Crippen LogP contribution in [0.15, 0.2) is 24.3 Å². The van der Waals surface area contributed by atoms with Crippen molar-refractivity contribution in [3.8, 4) is 0 Å². The molecular formula is C21H28N2O2. The lowest BCUT2D eigenvalue weighted by Crippen LogP contribution is -2.64. The predicted octanol–water partition coefficient (Wildman–Crippen LogP) is 3.32. The third kappa shape index (κ3) is 2.00. The van der Waals surface area contributed by atoms with Crippen LogP contribution in [0.2, 0.25) is 0 Å². The van der Waals surface area contributed by atoms with Gasteiger partial charge in [0.15, 0.2) is 0 Å². The van der Waals surface area contributed by atoms with Crippen LogP contribution < -0.4 is 5.32 Å². The van der Waals surface area contributed by atoms with Crippen LogP contribution >= 0.6 is 0 Å². The van der Waals surface area contributed by atoms with Crippen molar-refractivity contribution < 1.29 is 9.53 Å². The number of esters is 1. The highest BCUT2D eigenvalue weighted by Crippen LogP contribution is 2.63. The Morgan fingerprint density at radius 3 is 3.04 bits per heavy atom. The summed E-state index contributed by atoms with van der Waals surface area (Å²) in [7, 11) is 0. The molecule has 4 unspecified atom stereocenters. The highest BCUT2D eigenvalue weighted by Gasteiger charge is 2.66. The lowest BCUT2D eigenvalue weighted by molar-refractivity contribution is -0.150. The molecule has 2 saturated heterocycles. The third-order valence-electron chi connectivity index (χ3n) is 7.48. The number of fused-ring (bicyclic) bond motifs is 1. The second kappa shape index (κ2) is 5.47. The molecule has 25 heavy (non-hydrogen) atoms. The predicted molar refractivity (Wildman–Crippen MR) is 97.7 cm³/mol. The van der Waals surface area contributed by atoms with E-state index >= 15 is 0 Å². The zero-order valence-corrected chi connectivity index (χ0v) is 15.1. The van der Waals surface area contributed by atoms with Gasteiger partial charge in [0, 0.05) is 23.2 Å². The van der Waals surface area contributed by atoms with Crippen molar-refractivity contribution in [1.82, 2.24) is 4.90 Å². The molecule has 1 aromatic rings. The summed E-state index contributed by atoms with van der Waals surface area (Å²) in [5.41, 5.74) is 3.10. The van der Waals surface area contributed by atoms with Crippen molar-refractivity contribution in [2.24, 2.45) is 5.41 Å². The molecule has 5 rings (SSSR count). The SMILES string of the molecule is CCOC(=O)CC12CCCN3CCC4(c5ccccc5NC4CC1)C32. The van der Waals surface area contributed by atoms with E-state index in [4.69, 9.17) is 4.74 Å². The number of nitrogens with one attached hydrogen (secondary N) is 1. The topological polar surface area (TPSA) is 41.6 Å². The van der Waals surface area contributed by atoms with Gasteiger partial charge in [0.05, 0.1) is 13.0 Å². The molecule has 0 bridgehead atoms. The summed E-state index contributed by atoms with van der Waals surface area (Å²) in [5, 5.41) is 3.84. The molecule has 0 radical (unpaired) electrons. The fraction of sp³-hybridized carbons (Fsp3) is 0.667. The van der Waals surface area contributed by atoms with Gasteiger partial charge in [-0.2, -0.15) is 0 Å². The van der Waals surface area contributed by atoms with Gasteiger partial charge in [-0.25, -0.2) is 0 Å². The maximum atomic E-state index is 12.5. The van der Waals surface area contributed by atoms with Gasteiger partial charge < -0.3 is 10.1 Å². The van der Waals surface area contributed by atoms with Crippen LogP contribution in [-0.2, 0) is 14.9 Å². The quantitative estimate of drug-likeness (QED) is 0.857. The summed E-state index contributed by atoms with van der Waals surface area (Å²) in [6.07, 6.45) is 6.50. The summed E-state index contributed by atoms with van der Waals surface area (Å²) >= 11 is 0. The molecule has 4 atom stereocenters. The summed E-state index contributed by atoms with van der Waals surface area (Å²) in [4.78, 5) is 15.2. The molecule has 1 aromatic carbocycles. The van der Waals surface area contributed by atoms with Crippen LogP contribution in [0.25, 0.3) is 0 Å². The van der Waals surface area contributed by atoms with E-state index in [1.54, 1.807) is 0 Å². The first-order valence-corrected chi connectivity index (χ1v) is 9.95. The number of rotatable bonds is 3. The maximum absolute atomic E-state index is 12.5. The summed E-state index contributed by atoms with van der Waals surface area (Å²) in [6.45, 7) is 4.75. The van der Waals surface area contributed by atoms with Gasteiger partial charge in [-0.15, -0.1) is 0 Å². The number of anilines is 1. The third-order valence-corrected chi connectivity index (χ3v) is 7.48. The van der Waals surface area contributed by atoms with E-state index in [1.165, 1.54) is 50.0 Å². The minimum atomic E-state index is 0.00379. The van der Waals surface area contributed by atoms with Gasteiger partial charge in [-0.3, -0.25) is 9.69 Å². The lowest BCUT2D eigenvalue weighted by Gasteiger charge is -2.57. The van der Waals surface area contributed by atoms with Crippen LogP contribution in [0.1, 0.15) is 51.0 Å². The first-order valence-electron chi connectivity index (χ1n) is 9.95. The Labute approximate surface area is 149 Å². The Kier molecular flexibility index (Phi) is 3.43. The highest BCUT2D eigenvalue weighted by atomic mass is 16.5. The Morgan fingerprint density at radius 1 is 1.28 bits per heavy atom. The fourth-order valence-corrected chi connectivity index (χ4v) is 6.83. The van der Waals surface area contributed by atoms with Gasteiger partial charge in [0.25, 0.3) is 0 Å². The number of carbonyl (C=O) groups is 1. The fourth-order valence-electron chi connectivity index (χ4n) is 6.83. The molecule has 1 aliphatic carbocycles. The molecule has 3 fully saturated rings. The molecule has 0 aromatic heterocycles. The molecule has 3 heterocycles. The maximum Gasteiger partial charge on any atom is 0.306 e. The van der Waals surface area contributed by atoms with E-state index in [0.29, 0.717) is 25.1 Å². The van der Waals surface area contributed by atoms with Crippen LogP contribution in [0.4, 0.5) is 5.69 Å². The van der Waals surface area contributed by atoms with Crippen molar-refractivity contribution in [1.29, 1.82) is 0 Å². The normalized spacial score (nSPS) is 38.4. The minimum absolute atomic E-state index is 0.00379. The molecule has 1 N–H and O–H groups in total. The first-order chi connectivity index (χ1) is 12.2. The van der Waals surface area contributed by atoms with E-state index in [0.717, 1.165) is 6.42 Å². The molecule has 4 heteroatoms. The van der Waals surface area contributed by atoms with Gasteiger partial charge in [-0.05, 0) is 69.2 Å². The average Bonchev–Trinajstić information content (AvgIpc) is 3.16. The zero-order valence-electron chi connectivity index (χ0n) is 15.1. The molecule has 4 nitrogen and oxygen atoms in total. The second-order valence-electron chi connectivity index (χ2n) is 8.46. The number of ether oxygens (including phenoxy) is 1. The molecule has 134 valence electrons. The highest BCUT2D eigenvalue weighted by molar-refractivity contribution is 5.71. The van der Waals surface area contributed by atoms with E-state index in [-0.39, 0.29) is 16.8 Å². The van der Waals surface area contributed by atoms with Gasteiger partial charge in [0.2, 0.25) is 0 Å². The van der Waals surface area contributed by atoms with E-state index in [9.17, 15) is 4.79 Å². The van der Waals surface area contributed by atoms with Crippen LogP contribution in [-0.4, -0.2) is 42.6 Å². The average molecular weight is 340 g/mol. The van der Waals surface area contributed by atoms with E-state index < -0.39 is 0 Å². The molecular weight excluding hydrogens is 312 g/mol. The Bertz CT molecular complexity index is 705. The number of nitrogens with zero attached hydrogens (tertiary/aromatic N) is 1. The zero-order chi connectivity index (χ0) is 17.1.